The molecule has 9 heteroatoms. The van der Waals surface area contributed by atoms with E-state index in [0.29, 0.717) is 29.2 Å². The van der Waals surface area contributed by atoms with Crippen LogP contribution >= 0.6 is 0 Å². The van der Waals surface area contributed by atoms with Crippen molar-refractivity contribution in [2.45, 2.75) is 44.4 Å². The van der Waals surface area contributed by atoms with E-state index in [-0.39, 0.29) is 23.5 Å². The van der Waals surface area contributed by atoms with Crippen molar-refractivity contribution in [2.75, 3.05) is 18.2 Å². The third-order valence-electron chi connectivity index (χ3n) is 6.00. The number of sulfone groups is 1. The molecule has 1 aromatic heterocycles. The number of carbonyl (C=O) groups excluding carboxylic acids is 1. The number of ether oxygens (including phenoxy) is 2. The van der Waals surface area contributed by atoms with Crippen molar-refractivity contribution < 1.29 is 22.7 Å². The fourth-order valence-corrected chi connectivity index (χ4v) is 5.20. The van der Waals surface area contributed by atoms with Crippen LogP contribution in [0.5, 0.6) is 11.5 Å². The van der Waals surface area contributed by atoms with Crippen molar-refractivity contribution >= 4 is 32.2 Å². The molecular formula is C30H33N3O5S. The molecule has 0 bridgehead atoms. The Morgan fingerprint density at radius 3 is 2.51 bits per heavy atom. The van der Waals surface area contributed by atoms with Crippen LogP contribution in [0.25, 0.3) is 10.8 Å². The Kier molecular flexibility index (Phi) is 8.71. The van der Waals surface area contributed by atoms with E-state index >= 15 is 0 Å². The Bertz CT molecular complexity index is 1570. The standard InChI is InChI=1S/C30H33N3O5S/c1-5-37-27-17-22(11-13-26(27)38-20(2)3)29(33-25-12-10-23-18-31-15-14-21(23)16-25)30(34)32-19-24-8-6-7-9-28(24)39(4,35)36/h6-18,20,29,33H,5,19H2,1-4H3,(H,32,34). The van der Waals surface area contributed by atoms with Crippen LogP contribution < -0.4 is 20.1 Å². The monoisotopic (exact) mass is 547 g/mol. The van der Waals surface area contributed by atoms with Crippen LogP contribution in [0.15, 0.2) is 84.0 Å². The third kappa shape index (κ3) is 7.06. The van der Waals surface area contributed by atoms with Crippen LogP contribution in [-0.4, -0.2) is 38.3 Å². The van der Waals surface area contributed by atoms with Gasteiger partial charge in [-0.25, -0.2) is 8.42 Å². The molecule has 0 saturated heterocycles. The van der Waals surface area contributed by atoms with Gasteiger partial charge in [0.2, 0.25) is 5.91 Å². The Morgan fingerprint density at radius 2 is 1.77 bits per heavy atom. The van der Waals surface area contributed by atoms with E-state index in [4.69, 9.17) is 9.47 Å². The van der Waals surface area contributed by atoms with E-state index in [1.54, 1.807) is 42.7 Å². The van der Waals surface area contributed by atoms with Gasteiger partial charge >= 0.3 is 0 Å². The number of carbonyl (C=O) groups is 1. The molecule has 0 radical (unpaired) electrons. The van der Waals surface area contributed by atoms with Crippen molar-refractivity contribution in [1.82, 2.24) is 10.3 Å². The number of amides is 1. The molecule has 0 aliphatic heterocycles. The van der Waals surface area contributed by atoms with E-state index in [9.17, 15) is 13.2 Å². The molecule has 1 amide bonds. The van der Waals surface area contributed by atoms with Gasteiger partial charge < -0.3 is 20.1 Å². The maximum absolute atomic E-state index is 13.7. The number of pyridine rings is 1. The number of benzene rings is 3. The highest BCUT2D eigenvalue weighted by atomic mass is 32.2. The zero-order valence-electron chi connectivity index (χ0n) is 22.5. The molecule has 3 aromatic carbocycles. The molecule has 4 aromatic rings. The summed E-state index contributed by atoms with van der Waals surface area (Å²) in [6.07, 6.45) is 4.61. The molecule has 8 nitrogen and oxygen atoms in total. The highest BCUT2D eigenvalue weighted by Crippen LogP contribution is 2.33. The van der Waals surface area contributed by atoms with Crippen LogP contribution in [0.1, 0.15) is 37.9 Å². The summed E-state index contributed by atoms with van der Waals surface area (Å²) in [5.74, 6) is 0.804. The molecular weight excluding hydrogens is 514 g/mol. The van der Waals surface area contributed by atoms with E-state index in [1.165, 1.54) is 6.07 Å². The lowest BCUT2D eigenvalue weighted by molar-refractivity contribution is -0.122. The molecule has 1 atom stereocenters. The molecule has 0 aliphatic rings. The van der Waals surface area contributed by atoms with Crippen molar-refractivity contribution in [3.63, 3.8) is 0 Å². The molecule has 0 fully saturated rings. The van der Waals surface area contributed by atoms with Gasteiger partial charge in [0, 0.05) is 36.3 Å². The fourth-order valence-electron chi connectivity index (χ4n) is 4.26. The third-order valence-corrected chi connectivity index (χ3v) is 7.20. The van der Waals surface area contributed by atoms with Gasteiger partial charge in [-0.2, -0.15) is 0 Å². The lowest BCUT2D eigenvalue weighted by atomic mass is 10.0. The van der Waals surface area contributed by atoms with Crippen LogP contribution in [0.3, 0.4) is 0 Å². The summed E-state index contributed by atoms with van der Waals surface area (Å²) < 4.78 is 36.2. The number of hydrogen-bond donors (Lipinski definition) is 2. The molecule has 204 valence electrons. The SMILES string of the molecule is CCOc1cc(C(Nc2ccc3cnccc3c2)C(=O)NCc2ccccc2S(C)(=O)=O)ccc1OC(C)C. The lowest BCUT2D eigenvalue weighted by Gasteiger charge is -2.22. The molecule has 0 aliphatic carbocycles. The van der Waals surface area contributed by atoms with Gasteiger partial charge in [0.05, 0.1) is 17.6 Å². The Morgan fingerprint density at radius 1 is 0.974 bits per heavy atom. The van der Waals surface area contributed by atoms with Crippen molar-refractivity contribution in [1.29, 1.82) is 0 Å². The molecule has 4 rings (SSSR count). The number of nitrogens with zero attached hydrogens (tertiary/aromatic N) is 1. The predicted molar refractivity (Wildman–Crippen MR) is 153 cm³/mol. The number of hydrogen-bond acceptors (Lipinski definition) is 7. The second-order valence-corrected chi connectivity index (χ2v) is 11.4. The molecule has 1 heterocycles. The number of anilines is 1. The molecule has 0 spiro atoms. The normalized spacial score (nSPS) is 12.2. The minimum absolute atomic E-state index is 0.0470. The zero-order valence-corrected chi connectivity index (χ0v) is 23.3. The topological polar surface area (TPSA) is 107 Å². The second-order valence-electron chi connectivity index (χ2n) is 9.42. The predicted octanol–water partition coefficient (Wildman–Crippen LogP) is 5.29. The first-order valence-corrected chi connectivity index (χ1v) is 14.6. The highest BCUT2D eigenvalue weighted by Gasteiger charge is 2.24. The van der Waals surface area contributed by atoms with Crippen LogP contribution in [0.2, 0.25) is 0 Å². The quantitative estimate of drug-likeness (QED) is 0.263. The molecule has 1 unspecified atom stereocenters. The summed E-state index contributed by atoms with van der Waals surface area (Å²) in [5, 5.41) is 8.23. The first-order valence-electron chi connectivity index (χ1n) is 12.7. The van der Waals surface area contributed by atoms with Gasteiger partial charge in [0.25, 0.3) is 0 Å². The molecule has 0 saturated carbocycles. The van der Waals surface area contributed by atoms with Crippen LogP contribution in [0.4, 0.5) is 5.69 Å². The number of fused-ring (bicyclic) bond motifs is 1. The summed E-state index contributed by atoms with van der Waals surface area (Å²) in [6, 6.07) is 19.0. The lowest BCUT2D eigenvalue weighted by Crippen LogP contribution is -2.33. The highest BCUT2D eigenvalue weighted by molar-refractivity contribution is 7.90. The van der Waals surface area contributed by atoms with Crippen molar-refractivity contribution in [2.24, 2.45) is 0 Å². The van der Waals surface area contributed by atoms with Crippen molar-refractivity contribution in [3.05, 3.63) is 90.3 Å². The largest absolute Gasteiger partial charge is 0.490 e. The Balaban J connectivity index is 1.68. The number of aromatic nitrogens is 1. The molecule has 2 N–H and O–H groups in total. The van der Waals surface area contributed by atoms with Gasteiger partial charge in [-0.1, -0.05) is 30.3 Å². The number of nitrogens with one attached hydrogen (secondary N) is 2. The van der Waals surface area contributed by atoms with Crippen LogP contribution in [0, 0.1) is 0 Å². The first-order chi connectivity index (χ1) is 18.7. The zero-order chi connectivity index (χ0) is 28.0. The average Bonchev–Trinajstić information content (AvgIpc) is 2.91. The Labute approximate surface area is 229 Å². The maximum atomic E-state index is 13.7. The van der Waals surface area contributed by atoms with E-state index in [1.807, 2.05) is 51.1 Å². The van der Waals surface area contributed by atoms with E-state index < -0.39 is 15.9 Å². The van der Waals surface area contributed by atoms with Gasteiger partial charge in [0.15, 0.2) is 21.3 Å². The summed E-state index contributed by atoms with van der Waals surface area (Å²) in [7, 11) is -3.45. The Hall–Kier alpha value is -4.11. The first kappa shape index (κ1) is 27.9. The van der Waals surface area contributed by atoms with Gasteiger partial charge in [-0.05, 0) is 73.7 Å². The minimum Gasteiger partial charge on any atom is -0.490 e. The van der Waals surface area contributed by atoms with Gasteiger partial charge in [-0.15, -0.1) is 0 Å². The smallest absolute Gasteiger partial charge is 0.247 e. The van der Waals surface area contributed by atoms with Gasteiger partial charge in [0.1, 0.15) is 6.04 Å². The maximum Gasteiger partial charge on any atom is 0.247 e. The fraction of sp³-hybridized carbons (Fsp3) is 0.267. The van der Waals surface area contributed by atoms with Crippen molar-refractivity contribution in [3.8, 4) is 11.5 Å². The summed E-state index contributed by atoms with van der Waals surface area (Å²) in [6.45, 7) is 6.24. The van der Waals surface area contributed by atoms with E-state index in [0.717, 1.165) is 22.7 Å². The number of rotatable bonds is 11. The van der Waals surface area contributed by atoms with Gasteiger partial charge in [-0.3, -0.25) is 9.78 Å². The summed E-state index contributed by atoms with van der Waals surface area (Å²) >= 11 is 0. The second kappa shape index (κ2) is 12.2. The average molecular weight is 548 g/mol. The minimum atomic E-state index is -3.45. The summed E-state index contributed by atoms with van der Waals surface area (Å²) in [4.78, 5) is 18.0. The van der Waals surface area contributed by atoms with Crippen LogP contribution in [-0.2, 0) is 21.2 Å². The molecule has 39 heavy (non-hydrogen) atoms. The summed E-state index contributed by atoms with van der Waals surface area (Å²) in [5.41, 5.74) is 1.92. The van der Waals surface area contributed by atoms with E-state index in [2.05, 4.69) is 15.6 Å².